The van der Waals surface area contributed by atoms with Crippen molar-refractivity contribution in [3.05, 3.63) is 15.5 Å². The molecule has 1 aliphatic heterocycles. The molecular formula is C13H22ClN3S. The highest BCUT2D eigenvalue weighted by molar-refractivity contribution is 7.15. The van der Waals surface area contributed by atoms with E-state index in [4.69, 9.17) is 11.6 Å². The molecule has 102 valence electrons. The van der Waals surface area contributed by atoms with E-state index in [0.29, 0.717) is 6.04 Å². The highest BCUT2D eigenvalue weighted by atomic mass is 35.5. The number of unbranched alkanes of at least 4 members (excludes halogenated alkanes) is 1. The Morgan fingerprint density at radius 2 is 2.28 bits per heavy atom. The highest BCUT2D eigenvalue weighted by Gasteiger charge is 2.18. The Hall–Kier alpha value is -0.160. The predicted molar refractivity (Wildman–Crippen MR) is 78.3 cm³/mol. The van der Waals surface area contributed by atoms with Gasteiger partial charge in [0.15, 0.2) is 0 Å². The van der Waals surface area contributed by atoms with E-state index in [1.165, 1.54) is 45.3 Å². The van der Waals surface area contributed by atoms with E-state index in [1.807, 2.05) is 0 Å². The molecule has 5 heteroatoms. The first kappa shape index (κ1) is 14.3. The van der Waals surface area contributed by atoms with Crippen LogP contribution in [0.3, 0.4) is 0 Å². The van der Waals surface area contributed by atoms with Gasteiger partial charge in [0.25, 0.3) is 0 Å². The molecule has 0 radical (unpaired) electrons. The summed E-state index contributed by atoms with van der Waals surface area (Å²) in [4.78, 5) is 6.85. The maximum atomic E-state index is 5.87. The summed E-state index contributed by atoms with van der Waals surface area (Å²) in [6.07, 6.45) is 6.86. The van der Waals surface area contributed by atoms with Gasteiger partial charge >= 0.3 is 0 Å². The molecular weight excluding hydrogens is 266 g/mol. The van der Waals surface area contributed by atoms with Crippen molar-refractivity contribution in [2.45, 2.75) is 45.2 Å². The van der Waals surface area contributed by atoms with E-state index in [1.54, 1.807) is 17.5 Å². The number of piperidine rings is 1. The van der Waals surface area contributed by atoms with Crippen molar-refractivity contribution in [2.24, 2.45) is 0 Å². The first-order chi connectivity index (χ1) is 8.78. The van der Waals surface area contributed by atoms with E-state index in [-0.39, 0.29) is 0 Å². The molecule has 1 aromatic heterocycles. The fraction of sp³-hybridized carbons (Fsp3) is 0.769. The SMILES string of the molecule is CCCCN1CCC(NCc2ncc(Cl)s2)CC1. The zero-order valence-corrected chi connectivity index (χ0v) is 12.6. The Labute approximate surface area is 119 Å². The maximum absolute atomic E-state index is 5.87. The molecule has 0 bridgehead atoms. The Morgan fingerprint density at radius 1 is 1.50 bits per heavy atom. The van der Waals surface area contributed by atoms with Crippen LogP contribution in [0.2, 0.25) is 4.34 Å². The summed E-state index contributed by atoms with van der Waals surface area (Å²) >= 11 is 7.44. The van der Waals surface area contributed by atoms with Crippen LogP contribution in [0.4, 0.5) is 0 Å². The maximum Gasteiger partial charge on any atom is 0.113 e. The van der Waals surface area contributed by atoms with Crippen molar-refractivity contribution in [2.75, 3.05) is 19.6 Å². The first-order valence-electron chi connectivity index (χ1n) is 6.84. The minimum atomic E-state index is 0.644. The molecule has 1 aliphatic rings. The lowest BCUT2D eigenvalue weighted by Gasteiger charge is -2.32. The van der Waals surface area contributed by atoms with E-state index >= 15 is 0 Å². The van der Waals surface area contributed by atoms with Crippen LogP contribution in [0.25, 0.3) is 0 Å². The number of hydrogen-bond acceptors (Lipinski definition) is 4. The van der Waals surface area contributed by atoms with Crippen molar-refractivity contribution in [1.29, 1.82) is 0 Å². The molecule has 18 heavy (non-hydrogen) atoms. The lowest BCUT2D eigenvalue weighted by atomic mass is 10.0. The van der Waals surface area contributed by atoms with Gasteiger partial charge in [-0.25, -0.2) is 4.98 Å². The number of aromatic nitrogens is 1. The Kier molecular flexibility index (Phi) is 5.89. The summed E-state index contributed by atoms with van der Waals surface area (Å²) in [6.45, 7) is 6.85. The first-order valence-corrected chi connectivity index (χ1v) is 8.03. The topological polar surface area (TPSA) is 28.2 Å². The van der Waals surface area contributed by atoms with E-state index < -0.39 is 0 Å². The minimum absolute atomic E-state index is 0.644. The summed E-state index contributed by atoms with van der Waals surface area (Å²) < 4.78 is 0.779. The van der Waals surface area contributed by atoms with Gasteiger partial charge in [-0.05, 0) is 38.9 Å². The Morgan fingerprint density at radius 3 is 2.89 bits per heavy atom. The second-order valence-electron chi connectivity index (χ2n) is 4.91. The van der Waals surface area contributed by atoms with Crippen molar-refractivity contribution >= 4 is 22.9 Å². The fourth-order valence-electron chi connectivity index (χ4n) is 2.34. The van der Waals surface area contributed by atoms with Crippen molar-refractivity contribution in [1.82, 2.24) is 15.2 Å². The quantitative estimate of drug-likeness (QED) is 0.871. The van der Waals surface area contributed by atoms with Crippen LogP contribution in [-0.4, -0.2) is 35.6 Å². The molecule has 1 aromatic rings. The van der Waals surface area contributed by atoms with E-state index in [0.717, 1.165) is 15.9 Å². The molecule has 2 heterocycles. The van der Waals surface area contributed by atoms with Gasteiger partial charge in [-0.2, -0.15) is 0 Å². The third-order valence-corrected chi connectivity index (χ3v) is 4.60. The fourth-order valence-corrected chi connectivity index (χ4v) is 3.25. The largest absolute Gasteiger partial charge is 0.308 e. The molecule has 1 saturated heterocycles. The van der Waals surface area contributed by atoms with E-state index in [9.17, 15) is 0 Å². The number of rotatable bonds is 6. The molecule has 2 rings (SSSR count). The van der Waals surface area contributed by atoms with Gasteiger partial charge in [-0.3, -0.25) is 0 Å². The summed E-state index contributed by atoms with van der Waals surface area (Å²) in [5.74, 6) is 0. The third-order valence-electron chi connectivity index (χ3n) is 3.48. The second-order valence-corrected chi connectivity index (χ2v) is 6.65. The smallest absolute Gasteiger partial charge is 0.113 e. The van der Waals surface area contributed by atoms with Crippen molar-refractivity contribution in [3.8, 4) is 0 Å². The number of nitrogens with zero attached hydrogens (tertiary/aromatic N) is 2. The molecule has 0 unspecified atom stereocenters. The lowest BCUT2D eigenvalue weighted by molar-refractivity contribution is 0.195. The number of likely N-dealkylation sites (tertiary alicyclic amines) is 1. The zero-order valence-electron chi connectivity index (χ0n) is 11.0. The summed E-state index contributed by atoms with van der Waals surface area (Å²) in [6, 6.07) is 0.644. The number of halogens is 1. The lowest BCUT2D eigenvalue weighted by Crippen LogP contribution is -2.42. The zero-order chi connectivity index (χ0) is 12.8. The van der Waals surface area contributed by atoms with Gasteiger partial charge in [-0.15, -0.1) is 11.3 Å². The van der Waals surface area contributed by atoms with Crippen molar-refractivity contribution in [3.63, 3.8) is 0 Å². The van der Waals surface area contributed by atoms with Crippen LogP contribution in [0, 0.1) is 0 Å². The number of hydrogen-bond donors (Lipinski definition) is 1. The van der Waals surface area contributed by atoms with E-state index in [2.05, 4.69) is 22.1 Å². The van der Waals surface area contributed by atoms with Gasteiger partial charge in [-0.1, -0.05) is 24.9 Å². The molecule has 3 nitrogen and oxygen atoms in total. The monoisotopic (exact) mass is 287 g/mol. The normalized spacial score (nSPS) is 18.3. The molecule has 0 spiro atoms. The molecule has 0 saturated carbocycles. The van der Waals surface area contributed by atoms with Crippen LogP contribution in [0.15, 0.2) is 6.20 Å². The molecule has 1 N–H and O–H groups in total. The van der Waals surface area contributed by atoms with Crippen LogP contribution in [0.5, 0.6) is 0 Å². The molecule has 0 aromatic carbocycles. The van der Waals surface area contributed by atoms with Crippen LogP contribution < -0.4 is 5.32 Å². The summed E-state index contributed by atoms with van der Waals surface area (Å²) in [7, 11) is 0. The van der Waals surface area contributed by atoms with Gasteiger partial charge in [0, 0.05) is 12.6 Å². The van der Waals surface area contributed by atoms with Gasteiger partial charge in [0.1, 0.15) is 9.34 Å². The molecule has 0 aliphatic carbocycles. The van der Waals surface area contributed by atoms with Crippen molar-refractivity contribution < 1.29 is 0 Å². The summed E-state index contributed by atoms with van der Waals surface area (Å²) in [5.41, 5.74) is 0. The Balaban J connectivity index is 1.64. The minimum Gasteiger partial charge on any atom is -0.308 e. The predicted octanol–water partition coefficient (Wildman–Crippen LogP) is 3.15. The number of nitrogens with one attached hydrogen (secondary N) is 1. The number of thiazole rings is 1. The highest BCUT2D eigenvalue weighted by Crippen LogP contribution is 2.18. The van der Waals surface area contributed by atoms with Crippen LogP contribution >= 0.6 is 22.9 Å². The van der Waals surface area contributed by atoms with Gasteiger partial charge in [0.05, 0.1) is 6.20 Å². The standard InChI is InChI=1S/C13H22ClN3S/c1-2-3-6-17-7-4-11(5-8-17)15-10-13-16-9-12(14)18-13/h9,11,15H,2-8,10H2,1H3. The molecule has 0 amide bonds. The summed E-state index contributed by atoms with van der Waals surface area (Å²) in [5, 5.41) is 4.68. The average Bonchev–Trinajstić information content (AvgIpc) is 2.81. The molecule has 0 atom stereocenters. The van der Waals surface area contributed by atoms with Crippen LogP contribution in [0.1, 0.15) is 37.6 Å². The van der Waals surface area contributed by atoms with Gasteiger partial charge in [0.2, 0.25) is 0 Å². The molecule has 1 fully saturated rings. The second kappa shape index (κ2) is 7.43. The van der Waals surface area contributed by atoms with Crippen LogP contribution in [-0.2, 0) is 6.54 Å². The van der Waals surface area contributed by atoms with Gasteiger partial charge < -0.3 is 10.2 Å². The third kappa shape index (κ3) is 4.50. The average molecular weight is 288 g/mol. The Bertz CT molecular complexity index is 348.